The van der Waals surface area contributed by atoms with E-state index in [0.717, 1.165) is 33.2 Å². The van der Waals surface area contributed by atoms with E-state index in [1.165, 1.54) is 5.56 Å². The van der Waals surface area contributed by atoms with Crippen molar-refractivity contribution in [3.05, 3.63) is 33.9 Å². The third-order valence-corrected chi connectivity index (χ3v) is 3.68. The van der Waals surface area contributed by atoms with Gasteiger partial charge in [0.05, 0.1) is 11.2 Å². The van der Waals surface area contributed by atoms with E-state index in [0.29, 0.717) is 0 Å². The number of aryl methyl sites for hydroxylation is 2. The zero-order chi connectivity index (χ0) is 11.7. The summed E-state index contributed by atoms with van der Waals surface area (Å²) in [6.45, 7) is 4.14. The average molecular weight is 280 g/mol. The quantitative estimate of drug-likeness (QED) is 0.656. The Hall–Kier alpha value is -1.13. The fraction of sp³-hybridized carbons (Fsp3) is 0.250. The topological polar surface area (TPSA) is 50.9 Å². The second-order valence-corrected chi connectivity index (χ2v) is 4.54. The number of hydrogen-bond acceptors (Lipinski definition) is 3. The lowest BCUT2D eigenvalue weighted by Gasteiger charge is -2.10. The second-order valence-electron chi connectivity index (χ2n) is 3.75. The van der Waals surface area contributed by atoms with Gasteiger partial charge in [0.2, 0.25) is 0 Å². The molecule has 2 rings (SSSR count). The van der Waals surface area contributed by atoms with Crippen LogP contribution in [0, 0.1) is 6.92 Å². The molecular weight excluding hydrogens is 266 g/mol. The highest BCUT2D eigenvalue weighted by Gasteiger charge is 2.08. The summed E-state index contributed by atoms with van der Waals surface area (Å²) < 4.78 is 1.04. The minimum Gasteiger partial charge on any atom is -0.323 e. The Bertz CT molecular complexity index is 537. The summed E-state index contributed by atoms with van der Waals surface area (Å²) in [7, 11) is 0. The number of hydrogen-bond donors (Lipinski definition) is 2. The van der Waals surface area contributed by atoms with Crippen LogP contribution in [0.5, 0.6) is 0 Å². The molecule has 0 saturated heterocycles. The third-order valence-electron chi connectivity index (χ3n) is 2.68. The molecule has 2 aromatic rings. The van der Waals surface area contributed by atoms with Crippen molar-refractivity contribution in [2.45, 2.75) is 20.3 Å². The van der Waals surface area contributed by atoms with Gasteiger partial charge in [0.1, 0.15) is 0 Å². The standard InChI is InChI=1S/C12H14BrN3/c1-3-8-6-10(16-14)9-5-4-7(2)11(13)12(9)15-8/h4-6H,3,14H2,1-2H3,(H,15,16). The molecular formula is C12H14BrN3. The maximum atomic E-state index is 5.53. The predicted octanol–water partition coefficient (Wildman–Crippen LogP) is 3.15. The van der Waals surface area contributed by atoms with E-state index in [1.807, 2.05) is 12.1 Å². The first kappa shape index (κ1) is 11.4. The molecule has 0 unspecified atom stereocenters. The van der Waals surface area contributed by atoms with Gasteiger partial charge in [-0.1, -0.05) is 19.1 Å². The smallest absolute Gasteiger partial charge is 0.0871 e. The third kappa shape index (κ3) is 1.79. The van der Waals surface area contributed by atoms with Gasteiger partial charge in [-0.2, -0.15) is 0 Å². The van der Waals surface area contributed by atoms with Crippen molar-refractivity contribution in [2.75, 3.05) is 5.43 Å². The summed E-state index contributed by atoms with van der Waals surface area (Å²) in [5.74, 6) is 5.53. The molecule has 0 bridgehead atoms. The zero-order valence-corrected chi connectivity index (χ0v) is 10.9. The molecule has 84 valence electrons. The Balaban J connectivity index is 2.84. The molecule has 0 aliphatic rings. The molecule has 4 heteroatoms. The Kier molecular flexibility index (Phi) is 3.12. The van der Waals surface area contributed by atoms with Gasteiger partial charge in [-0.15, -0.1) is 0 Å². The van der Waals surface area contributed by atoms with Crippen molar-refractivity contribution < 1.29 is 0 Å². The molecule has 1 aromatic heterocycles. The summed E-state index contributed by atoms with van der Waals surface area (Å²) in [6, 6.07) is 6.09. The summed E-state index contributed by atoms with van der Waals surface area (Å²) in [5, 5.41) is 1.04. The fourth-order valence-electron chi connectivity index (χ4n) is 1.71. The van der Waals surface area contributed by atoms with Crippen molar-refractivity contribution in [3.63, 3.8) is 0 Å². The molecule has 1 heterocycles. The number of nitrogen functional groups attached to an aromatic ring is 1. The highest BCUT2D eigenvalue weighted by atomic mass is 79.9. The molecule has 0 amide bonds. The first-order valence-electron chi connectivity index (χ1n) is 5.22. The van der Waals surface area contributed by atoms with Crippen molar-refractivity contribution in [3.8, 4) is 0 Å². The highest BCUT2D eigenvalue weighted by Crippen LogP contribution is 2.30. The molecule has 0 aliphatic carbocycles. The maximum absolute atomic E-state index is 5.53. The van der Waals surface area contributed by atoms with Crippen LogP contribution in [0.4, 0.5) is 5.69 Å². The van der Waals surface area contributed by atoms with Crippen LogP contribution in [-0.4, -0.2) is 4.98 Å². The molecule has 0 atom stereocenters. The Morgan fingerprint density at radius 1 is 1.44 bits per heavy atom. The van der Waals surface area contributed by atoms with Crippen molar-refractivity contribution in [2.24, 2.45) is 5.84 Å². The lowest BCUT2D eigenvalue weighted by Crippen LogP contribution is -2.08. The number of hydrazine groups is 1. The molecule has 0 spiro atoms. The molecule has 3 nitrogen and oxygen atoms in total. The maximum Gasteiger partial charge on any atom is 0.0871 e. The number of nitrogens with two attached hydrogens (primary N) is 1. The summed E-state index contributed by atoms with van der Waals surface area (Å²) >= 11 is 3.58. The average Bonchev–Trinajstić information content (AvgIpc) is 2.32. The predicted molar refractivity (Wildman–Crippen MR) is 71.4 cm³/mol. The largest absolute Gasteiger partial charge is 0.323 e. The molecule has 0 aliphatic heterocycles. The van der Waals surface area contributed by atoms with Crippen molar-refractivity contribution >= 4 is 32.5 Å². The van der Waals surface area contributed by atoms with E-state index in [9.17, 15) is 0 Å². The summed E-state index contributed by atoms with van der Waals surface area (Å²) in [5.41, 5.74) is 6.83. The van der Waals surface area contributed by atoms with E-state index in [-0.39, 0.29) is 0 Å². The van der Waals surface area contributed by atoms with Gasteiger partial charge < -0.3 is 5.43 Å². The van der Waals surface area contributed by atoms with Crippen molar-refractivity contribution in [1.82, 2.24) is 4.98 Å². The number of benzene rings is 1. The van der Waals surface area contributed by atoms with Crippen LogP contribution in [0.2, 0.25) is 0 Å². The van der Waals surface area contributed by atoms with Crippen LogP contribution in [0.25, 0.3) is 10.9 Å². The number of nitrogens with one attached hydrogen (secondary N) is 1. The van der Waals surface area contributed by atoms with Crippen molar-refractivity contribution in [1.29, 1.82) is 0 Å². The van der Waals surface area contributed by atoms with Gasteiger partial charge in [0, 0.05) is 15.6 Å². The minimum absolute atomic E-state index is 0.894. The normalized spacial score (nSPS) is 10.8. The number of halogens is 1. The monoisotopic (exact) mass is 279 g/mol. The highest BCUT2D eigenvalue weighted by molar-refractivity contribution is 9.10. The second kappa shape index (κ2) is 4.39. The Morgan fingerprint density at radius 3 is 2.81 bits per heavy atom. The van der Waals surface area contributed by atoms with E-state index >= 15 is 0 Å². The number of aromatic nitrogens is 1. The molecule has 3 N–H and O–H groups in total. The van der Waals surface area contributed by atoms with E-state index < -0.39 is 0 Å². The van der Waals surface area contributed by atoms with Gasteiger partial charge in [0.25, 0.3) is 0 Å². The lowest BCUT2D eigenvalue weighted by atomic mass is 10.1. The Morgan fingerprint density at radius 2 is 2.19 bits per heavy atom. The lowest BCUT2D eigenvalue weighted by molar-refractivity contribution is 1.05. The number of nitrogens with zero attached hydrogens (tertiary/aromatic N) is 1. The summed E-state index contributed by atoms with van der Waals surface area (Å²) in [6.07, 6.45) is 0.894. The van der Waals surface area contributed by atoms with Crippen LogP contribution in [-0.2, 0) is 6.42 Å². The molecule has 1 aromatic carbocycles. The summed E-state index contributed by atoms with van der Waals surface area (Å²) in [4.78, 5) is 4.62. The molecule has 0 radical (unpaired) electrons. The van der Waals surface area contributed by atoms with Crippen LogP contribution < -0.4 is 11.3 Å². The molecule has 16 heavy (non-hydrogen) atoms. The van der Waals surface area contributed by atoms with Crippen LogP contribution in [0.3, 0.4) is 0 Å². The number of rotatable bonds is 2. The fourth-order valence-corrected chi connectivity index (χ4v) is 2.15. The van der Waals surface area contributed by atoms with E-state index in [4.69, 9.17) is 5.84 Å². The van der Waals surface area contributed by atoms with Crippen LogP contribution in [0.1, 0.15) is 18.2 Å². The zero-order valence-electron chi connectivity index (χ0n) is 9.34. The van der Waals surface area contributed by atoms with Crippen LogP contribution in [0.15, 0.2) is 22.7 Å². The van der Waals surface area contributed by atoms with E-state index in [1.54, 1.807) is 0 Å². The first-order chi connectivity index (χ1) is 7.67. The SMILES string of the molecule is CCc1cc(NN)c2ccc(C)c(Br)c2n1. The van der Waals surface area contributed by atoms with Gasteiger partial charge in [-0.05, 0) is 40.9 Å². The number of anilines is 1. The van der Waals surface area contributed by atoms with Gasteiger partial charge in [-0.25, -0.2) is 0 Å². The first-order valence-corrected chi connectivity index (χ1v) is 6.02. The number of fused-ring (bicyclic) bond motifs is 1. The van der Waals surface area contributed by atoms with Gasteiger partial charge >= 0.3 is 0 Å². The molecule has 0 fully saturated rings. The molecule has 0 saturated carbocycles. The number of pyridine rings is 1. The van der Waals surface area contributed by atoms with E-state index in [2.05, 4.69) is 46.3 Å². The van der Waals surface area contributed by atoms with Gasteiger partial charge in [-0.3, -0.25) is 10.8 Å². The Labute approximate surface area is 103 Å². The minimum atomic E-state index is 0.894. The van der Waals surface area contributed by atoms with Crippen LogP contribution >= 0.6 is 15.9 Å². The van der Waals surface area contributed by atoms with Gasteiger partial charge in [0.15, 0.2) is 0 Å².